The highest BCUT2D eigenvalue weighted by Gasteiger charge is 2.42. The van der Waals surface area contributed by atoms with Crippen LogP contribution >= 0.6 is 11.6 Å². The van der Waals surface area contributed by atoms with Gasteiger partial charge in [0.25, 0.3) is 0 Å². The van der Waals surface area contributed by atoms with Crippen molar-refractivity contribution >= 4 is 17.4 Å². The van der Waals surface area contributed by atoms with Crippen molar-refractivity contribution in [3.8, 4) is 0 Å². The van der Waals surface area contributed by atoms with Gasteiger partial charge in [0, 0.05) is 12.8 Å². The number of rotatable bonds is 2. The Morgan fingerprint density at radius 3 is 2.65 bits per heavy atom. The van der Waals surface area contributed by atoms with E-state index in [1.54, 1.807) is 0 Å². The van der Waals surface area contributed by atoms with E-state index < -0.39 is 5.60 Å². The van der Waals surface area contributed by atoms with Gasteiger partial charge in [0.05, 0.1) is 17.0 Å². The molecular weight excluding hydrogens is 238 g/mol. The minimum Gasteiger partial charge on any atom is -0.484 e. The Bertz CT molecular complexity index is 406. The second-order valence-corrected chi connectivity index (χ2v) is 4.94. The molecule has 0 aromatic heterocycles. The third-order valence-corrected chi connectivity index (χ3v) is 3.48. The van der Waals surface area contributed by atoms with E-state index in [2.05, 4.69) is 18.5 Å². The summed E-state index contributed by atoms with van der Waals surface area (Å²) in [6.07, 6.45) is 3.54. The number of halogens is 1. The molecule has 0 saturated carbocycles. The first kappa shape index (κ1) is 12.4. The average Bonchev–Trinajstić information content (AvgIpc) is 2.29. The highest BCUT2D eigenvalue weighted by atomic mass is 35.5. The van der Waals surface area contributed by atoms with Crippen LogP contribution in [0.1, 0.15) is 19.3 Å². The third kappa shape index (κ3) is 2.31. The van der Waals surface area contributed by atoms with Crippen LogP contribution in [0.3, 0.4) is 0 Å². The number of carbonyl (C=O) groups excluding carboxylic acids is 1. The number of carbonyl (C=O) groups is 1. The van der Waals surface area contributed by atoms with Gasteiger partial charge in [0.2, 0.25) is 0 Å². The minimum atomic E-state index is -0.401. The molecule has 0 unspecified atom stereocenters. The quantitative estimate of drug-likeness (QED) is 0.821. The summed E-state index contributed by atoms with van der Waals surface area (Å²) in [6, 6.07) is 0. The number of ether oxygens (including phenoxy) is 1. The predicted molar refractivity (Wildman–Crippen MR) is 67.8 cm³/mol. The standard InChI is InChI=1S/C13H16ClNO2/c1-3-10-11(16)8-13(4-6-15-7-5-13)17-12(10)9(2)14/h3,15H,1-2,4-8H2. The number of hydrogen-bond acceptors (Lipinski definition) is 3. The Hall–Kier alpha value is -1.06. The van der Waals surface area contributed by atoms with Crippen LogP contribution in [0.2, 0.25) is 0 Å². The summed E-state index contributed by atoms with van der Waals surface area (Å²) < 4.78 is 5.97. The van der Waals surface area contributed by atoms with Gasteiger partial charge in [-0.2, -0.15) is 0 Å². The van der Waals surface area contributed by atoms with E-state index in [1.165, 1.54) is 6.08 Å². The summed E-state index contributed by atoms with van der Waals surface area (Å²) in [7, 11) is 0. The fourth-order valence-electron chi connectivity index (χ4n) is 2.39. The summed E-state index contributed by atoms with van der Waals surface area (Å²) in [6.45, 7) is 9.01. The van der Waals surface area contributed by atoms with Crippen LogP contribution in [0.15, 0.2) is 35.6 Å². The Balaban J connectivity index is 2.35. The van der Waals surface area contributed by atoms with E-state index in [-0.39, 0.29) is 10.8 Å². The second kappa shape index (κ2) is 4.67. The van der Waals surface area contributed by atoms with E-state index in [0.29, 0.717) is 17.8 Å². The number of Topliss-reactive ketones (excluding diaryl/α,β-unsaturated/α-hetero) is 1. The van der Waals surface area contributed by atoms with Crippen molar-refractivity contribution in [3.05, 3.63) is 35.6 Å². The van der Waals surface area contributed by atoms with E-state index >= 15 is 0 Å². The lowest BCUT2D eigenvalue weighted by atomic mass is 9.83. The molecular formula is C13H16ClNO2. The maximum atomic E-state index is 12.1. The zero-order valence-electron chi connectivity index (χ0n) is 9.72. The van der Waals surface area contributed by atoms with Crippen molar-refractivity contribution in [2.45, 2.75) is 24.9 Å². The monoisotopic (exact) mass is 253 g/mol. The van der Waals surface area contributed by atoms with Crippen molar-refractivity contribution in [1.82, 2.24) is 5.32 Å². The van der Waals surface area contributed by atoms with E-state index in [4.69, 9.17) is 16.3 Å². The molecule has 2 aliphatic rings. The van der Waals surface area contributed by atoms with Crippen LogP contribution in [0.25, 0.3) is 0 Å². The highest BCUT2D eigenvalue weighted by molar-refractivity contribution is 6.32. The number of piperidine rings is 1. The van der Waals surface area contributed by atoms with Crippen LogP contribution < -0.4 is 5.32 Å². The molecule has 0 atom stereocenters. The highest BCUT2D eigenvalue weighted by Crippen LogP contribution is 2.39. The summed E-state index contributed by atoms with van der Waals surface area (Å²) in [5.41, 5.74) is 0.0521. The largest absolute Gasteiger partial charge is 0.484 e. The number of ketones is 1. The van der Waals surface area contributed by atoms with Crippen LogP contribution in [0, 0.1) is 0 Å². The molecule has 1 saturated heterocycles. The van der Waals surface area contributed by atoms with E-state index in [0.717, 1.165) is 25.9 Å². The van der Waals surface area contributed by atoms with Gasteiger partial charge in [0.1, 0.15) is 11.4 Å². The average molecular weight is 254 g/mol. The molecule has 17 heavy (non-hydrogen) atoms. The maximum absolute atomic E-state index is 12.1. The van der Waals surface area contributed by atoms with Gasteiger partial charge < -0.3 is 10.1 Å². The maximum Gasteiger partial charge on any atom is 0.170 e. The van der Waals surface area contributed by atoms with Crippen molar-refractivity contribution in [1.29, 1.82) is 0 Å². The molecule has 1 spiro atoms. The van der Waals surface area contributed by atoms with Gasteiger partial charge in [0.15, 0.2) is 5.78 Å². The first-order chi connectivity index (χ1) is 8.08. The molecule has 2 rings (SSSR count). The Kier molecular flexibility index (Phi) is 3.40. The molecule has 3 nitrogen and oxygen atoms in total. The number of allylic oxidation sites excluding steroid dienone is 3. The summed E-state index contributed by atoms with van der Waals surface area (Å²) in [4.78, 5) is 12.1. The number of nitrogens with one attached hydrogen (secondary N) is 1. The minimum absolute atomic E-state index is 0.0463. The summed E-state index contributed by atoms with van der Waals surface area (Å²) in [5.74, 6) is 0.449. The van der Waals surface area contributed by atoms with Crippen LogP contribution in [0.4, 0.5) is 0 Å². The molecule has 0 aromatic rings. The SMILES string of the molecule is C=CC1=C(C(=C)Cl)OC2(CCNCC2)CC1=O. The summed E-state index contributed by atoms with van der Waals surface area (Å²) in [5, 5.41) is 3.53. The molecule has 0 aromatic carbocycles. The molecule has 2 aliphatic heterocycles. The fraction of sp³-hybridized carbons (Fsp3) is 0.462. The molecule has 2 heterocycles. The molecule has 4 heteroatoms. The van der Waals surface area contributed by atoms with Gasteiger partial charge >= 0.3 is 0 Å². The zero-order chi connectivity index (χ0) is 12.5. The predicted octanol–water partition coefficient (Wildman–Crippen LogP) is 2.29. The van der Waals surface area contributed by atoms with Gasteiger partial charge in [-0.1, -0.05) is 30.8 Å². The van der Waals surface area contributed by atoms with Gasteiger partial charge in [-0.15, -0.1) is 0 Å². The molecule has 1 fully saturated rings. The van der Waals surface area contributed by atoms with Crippen molar-refractivity contribution in [2.24, 2.45) is 0 Å². The Labute approximate surface area is 106 Å². The van der Waals surface area contributed by atoms with Crippen molar-refractivity contribution in [2.75, 3.05) is 13.1 Å². The topological polar surface area (TPSA) is 38.3 Å². The first-order valence-electron chi connectivity index (χ1n) is 5.72. The molecule has 1 N–H and O–H groups in total. The lowest BCUT2D eigenvalue weighted by molar-refractivity contribution is -0.126. The lowest BCUT2D eigenvalue weighted by Gasteiger charge is -2.41. The van der Waals surface area contributed by atoms with Gasteiger partial charge in [-0.05, 0) is 13.1 Å². The molecule has 0 radical (unpaired) electrons. The van der Waals surface area contributed by atoms with Crippen molar-refractivity contribution < 1.29 is 9.53 Å². The lowest BCUT2D eigenvalue weighted by Crippen LogP contribution is -2.47. The molecule has 0 aliphatic carbocycles. The van der Waals surface area contributed by atoms with E-state index in [9.17, 15) is 4.79 Å². The van der Waals surface area contributed by atoms with Crippen LogP contribution in [-0.4, -0.2) is 24.5 Å². The number of hydrogen-bond donors (Lipinski definition) is 1. The fourth-order valence-corrected chi connectivity index (χ4v) is 2.53. The Morgan fingerprint density at radius 2 is 2.12 bits per heavy atom. The van der Waals surface area contributed by atoms with Crippen molar-refractivity contribution in [3.63, 3.8) is 0 Å². The van der Waals surface area contributed by atoms with Crippen LogP contribution in [-0.2, 0) is 9.53 Å². The Morgan fingerprint density at radius 1 is 1.47 bits per heavy atom. The second-order valence-electron chi connectivity index (χ2n) is 4.49. The van der Waals surface area contributed by atoms with Crippen LogP contribution in [0.5, 0.6) is 0 Å². The molecule has 0 amide bonds. The van der Waals surface area contributed by atoms with Gasteiger partial charge in [-0.3, -0.25) is 4.79 Å². The van der Waals surface area contributed by atoms with E-state index in [1.807, 2.05) is 0 Å². The molecule has 0 bridgehead atoms. The molecule has 92 valence electrons. The summed E-state index contributed by atoms with van der Waals surface area (Å²) >= 11 is 5.90. The normalized spacial score (nSPS) is 23.5. The smallest absolute Gasteiger partial charge is 0.170 e. The zero-order valence-corrected chi connectivity index (χ0v) is 10.5. The first-order valence-corrected chi connectivity index (χ1v) is 6.10. The third-order valence-electron chi connectivity index (χ3n) is 3.31. The van der Waals surface area contributed by atoms with Gasteiger partial charge in [-0.25, -0.2) is 0 Å².